The molecule has 0 bridgehead atoms. The van der Waals surface area contributed by atoms with E-state index in [9.17, 15) is 4.39 Å². The lowest BCUT2D eigenvalue weighted by atomic mass is 9.92. The second-order valence-corrected chi connectivity index (χ2v) is 5.21. The highest BCUT2D eigenvalue weighted by Gasteiger charge is 2.08. The molecule has 0 spiro atoms. The van der Waals surface area contributed by atoms with Gasteiger partial charge in [-0.1, -0.05) is 44.2 Å². The monoisotopic (exact) mass is 286 g/mol. The molecule has 0 unspecified atom stereocenters. The molecule has 0 aromatic heterocycles. The Morgan fingerprint density at radius 2 is 1.52 bits per heavy atom. The smallest absolute Gasteiger partial charge is 0.165 e. The van der Waals surface area contributed by atoms with Gasteiger partial charge in [0.05, 0.1) is 6.61 Å². The summed E-state index contributed by atoms with van der Waals surface area (Å²) >= 11 is 0. The quantitative estimate of drug-likeness (QED) is 0.652. The van der Waals surface area contributed by atoms with E-state index in [0.29, 0.717) is 18.3 Å². The highest BCUT2D eigenvalue weighted by Crippen LogP contribution is 2.28. The summed E-state index contributed by atoms with van der Waals surface area (Å²) in [6.45, 7) is 6.75. The minimum atomic E-state index is -0.307. The van der Waals surface area contributed by atoms with E-state index in [4.69, 9.17) is 4.74 Å². The van der Waals surface area contributed by atoms with Gasteiger partial charge in [0.1, 0.15) is 0 Å². The van der Waals surface area contributed by atoms with Crippen LogP contribution in [0.3, 0.4) is 0 Å². The molecule has 0 atom stereocenters. The molecular weight excluding hydrogens is 263 g/mol. The zero-order valence-corrected chi connectivity index (χ0v) is 13.0. The Morgan fingerprint density at radius 1 is 0.905 bits per heavy atom. The third-order valence-corrected chi connectivity index (χ3v) is 3.93. The van der Waals surface area contributed by atoms with Gasteiger partial charge in [-0.05, 0) is 54.5 Å². The molecule has 112 valence electrons. The van der Waals surface area contributed by atoms with Gasteiger partial charge < -0.3 is 4.74 Å². The summed E-state index contributed by atoms with van der Waals surface area (Å²) in [5, 5.41) is 0. The van der Waals surface area contributed by atoms with Crippen LogP contribution in [0.15, 0.2) is 42.5 Å². The van der Waals surface area contributed by atoms with E-state index in [0.717, 1.165) is 24.0 Å². The summed E-state index contributed by atoms with van der Waals surface area (Å²) in [6, 6.07) is 13.6. The molecule has 0 N–H and O–H groups in total. The van der Waals surface area contributed by atoms with E-state index in [1.54, 1.807) is 6.07 Å². The molecule has 0 aliphatic heterocycles. The first-order valence-electron chi connectivity index (χ1n) is 7.72. The van der Waals surface area contributed by atoms with Crippen LogP contribution in [0.25, 0.3) is 11.1 Å². The normalized spacial score (nSPS) is 10.9. The van der Waals surface area contributed by atoms with Gasteiger partial charge in [0.25, 0.3) is 0 Å². The fraction of sp³-hybridized carbons (Fsp3) is 0.368. The summed E-state index contributed by atoms with van der Waals surface area (Å²) in [5.74, 6) is 0.615. The third kappa shape index (κ3) is 3.63. The predicted molar refractivity (Wildman–Crippen MR) is 86.3 cm³/mol. The van der Waals surface area contributed by atoms with E-state index in [-0.39, 0.29) is 5.82 Å². The molecule has 2 heteroatoms. The van der Waals surface area contributed by atoms with E-state index in [1.807, 2.05) is 13.0 Å². The second kappa shape index (κ2) is 7.26. The number of hydrogen-bond donors (Lipinski definition) is 0. The maximum Gasteiger partial charge on any atom is 0.165 e. The van der Waals surface area contributed by atoms with Crippen LogP contribution < -0.4 is 4.74 Å². The summed E-state index contributed by atoms with van der Waals surface area (Å²) in [5.41, 5.74) is 3.27. The molecule has 2 rings (SSSR count). The van der Waals surface area contributed by atoms with Crippen LogP contribution in [0.2, 0.25) is 0 Å². The largest absolute Gasteiger partial charge is 0.491 e. The van der Waals surface area contributed by atoms with Crippen molar-refractivity contribution in [2.24, 2.45) is 0 Å². The van der Waals surface area contributed by atoms with Crippen molar-refractivity contribution in [3.05, 3.63) is 53.8 Å². The van der Waals surface area contributed by atoms with Crippen molar-refractivity contribution in [3.8, 4) is 16.9 Å². The molecule has 0 saturated heterocycles. The minimum Gasteiger partial charge on any atom is -0.491 e. The summed E-state index contributed by atoms with van der Waals surface area (Å²) in [6.07, 6.45) is 2.29. The van der Waals surface area contributed by atoms with Crippen LogP contribution in [0, 0.1) is 5.82 Å². The van der Waals surface area contributed by atoms with Gasteiger partial charge >= 0.3 is 0 Å². The number of halogens is 1. The highest BCUT2D eigenvalue weighted by atomic mass is 19.1. The molecular formula is C19H23FO. The molecule has 0 heterocycles. The van der Waals surface area contributed by atoms with Gasteiger partial charge in [0.15, 0.2) is 11.6 Å². The molecule has 21 heavy (non-hydrogen) atoms. The van der Waals surface area contributed by atoms with Gasteiger partial charge in [0.2, 0.25) is 0 Å². The van der Waals surface area contributed by atoms with Crippen LogP contribution >= 0.6 is 0 Å². The Hall–Kier alpha value is -1.83. The molecule has 2 aromatic rings. The van der Waals surface area contributed by atoms with Gasteiger partial charge in [-0.15, -0.1) is 0 Å². The SMILES string of the molecule is CCOc1ccc(-c2ccc(C(CC)CC)cc2)cc1F. The summed E-state index contributed by atoms with van der Waals surface area (Å²) < 4.78 is 19.1. The fourth-order valence-electron chi connectivity index (χ4n) is 2.66. The van der Waals surface area contributed by atoms with Crippen LogP contribution in [0.1, 0.15) is 45.1 Å². The molecule has 0 fully saturated rings. The van der Waals surface area contributed by atoms with E-state index >= 15 is 0 Å². The Kier molecular flexibility index (Phi) is 5.38. The van der Waals surface area contributed by atoms with Crippen molar-refractivity contribution in [2.45, 2.75) is 39.5 Å². The molecule has 0 aliphatic rings. The molecule has 0 amide bonds. The van der Waals surface area contributed by atoms with Crippen LogP contribution in [-0.4, -0.2) is 6.61 Å². The summed E-state index contributed by atoms with van der Waals surface area (Å²) in [7, 11) is 0. The van der Waals surface area contributed by atoms with E-state index in [2.05, 4.69) is 38.1 Å². The highest BCUT2D eigenvalue weighted by molar-refractivity contribution is 5.64. The third-order valence-electron chi connectivity index (χ3n) is 3.93. The lowest BCUT2D eigenvalue weighted by molar-refractivity contribution is 0.321. The average molecular weight is 286 g/mol. The van der Waals surface area contributed by atoms with Gasteiger partial charge in [-0.2, -0.15) is 0 Å². The lowest BCUT2D eigenvalue weighted by Crippen LogP contribution is -1.96. The standard InChI is InChI=1S/C19H23FO/c1-4-14(5-2)15-7-9-16(10-8-15)17-11-12-19(21-6-3)18(20)13-17/h7-14H,4-6H2,1-3H3. The number of rotatable bonds is 6. The van der Waals surface area contributed by atoms with Crippen molar-refractivity contribution in [1.29, 1.82) is 0 Å². The van der Waals surface area contributed by atoms with Crippen molar-refractivity contribution in [2.75, 3.05) is 6.61 Å². The van der Waals surface area contributed by atoms with E-state index < -0.39 is 0 Å². The van der Waals surface area contributed by atoms with Crippen molar-refractivity contribution < 1.29 is 9.13 Å². The molecule has 1 nitrogen and oxygen atoms in total. The predicted octanol–water partition coefficient (Wildman–Crippen LogP) is 5.80. The number of hydrogen-bond acceptors (Lipinski definition) is 1. The first-order valence-corrected chi connectivity index (χ1v) is 7.72. The van der Waals surface area contributed by atoms with E-state index in [1.165, 1.54) is 11.6 Å². The fourth-order valence-corrected chi connectivity index (χ4v) is 2.66. The van der Waals surface area contributed by atoms with Gasteiger partial charge in [-0.3, -0.25) is 0 Å². The molecule has 0 saturated carbocycles. The zero-order chi connectivity index (χ0) is 15.2. The van der Waals surface area contributed by atoms with Crippen molar-refractivity contribution in [3.63, 3.8) is 0 Å². The Morgan fingerprint density at radius 3 is 2.05 bits per heavy atom. The zero-order valence-electron chi connectivity index (χ0n) is 13.0. The lowest BCUT2D eigenvalue weighted by Gasteiger charge is -2.13. The molecule has 0 radical (unpaired) electrons. The van der Waals surface area contributed by atoms with Crippen molar-refractivity contribution in [1.82, 2.24) is 0 Å². The Bertz CT molecular complexity index is 571. The Balaban J connectivity index is 2.24. The first-order chi connectivity index (χ1) is 10.2. The van der Waals surface area contributed by atoms with Gasteiger partial charge in [0, 0.05) is 0 Å². The number of ether oxygens (including phenoxy) is 1. The van der Waals surface area contributed by atoms with Crippen LogP contribution in [-0.2, 0) is 0 Å². The topological polar surface area (TPSA) is 9.23 Å². The van der Waals surface area contributed by atoms with Crippen LogP contribution in [0.5, 0.6) is 5.75 Å². The first kappa shape index (κ1) is 15.6. The van der Waals surface area contributed by atoms with Gasteiger partial charge in [-0.25, -0.2) is 4.39 Å². The maximum atomic E-state index is 13.9. The molecule has 0 aliphatic carbocycles. The second-order valence-electron chi connectivity index (χ2n) is 5.21. The minimum absolute atomic E-state index is 0.307. The Labute approximate surface area is 126 Å². The number of benzene rings is 2. The maximum absolute atomic E-state index is 13.9. The summed E-state index contributed by atoms with van der Waals surface area (Å²) in [4.78, 5) is 0. The average Bonchev–Trinajstić information content (AvgIpc) is 2.51. The van der Waals surface area contributed by atoms with Crippen LogP contribution in [0.4, 0.5) is 4.39 Å². The molecule has 2 aromatic carbocycles. The van der Waals surface area contributed by atoms with Crippen molar-refractivity contribution >= 4 is 0 Å².